The minimum Gasteiger partial charge on any atom is -0.481 e. The van der Waals surface area contributed by atoms with E-state index in [-0.39, 0.29) is 23.4 Å². The number of nitrogens with zero attached hydrogens (tertiary/aromatic N) is 1. The van der Waals surface area contributed by atoms with Crippen molar-refractivity contribution >= 4 is 23.8 Å². The highest BCUT2D eigenvalue weighted by Crippen LogP contribution is 2.45. The Kier molecular flexibility index (Phi) is 6.69. The maximum absolute atomic E-state index is 12.5. The van der Waals surface area contributed by atoms with Crippen LogP contribution in [0, 0.1) is 5.92 Å². The summed E-state index contributed by atoms with van der Waals surface area (Å²) in [6, 6.07) is -0.0698. The molecule has 2 amide bonds. The van der Waals surface area contributed by atoms with Gasteiger partial charge in [-0.05, 0) is 50.2 Å². The highest BCUT2D eigenvalue weighted by Gasteiger charge is 2.54. The van der Waals surface area contributed by atoms with E-state index in [0.29, 0.717) is 18.9 Å². The third-order valence-electron chi connectivity index (χ3n) is 5.97. The number of thioether (sulfide) groups is 1. The lowest BCUT2D eigenvalue weighted by atomic mass is 9.85. The van der Waals surface area contributed by atoms with Gasteiger partial charge in [-0.3, -0.25) is 9.80 Å². The van der Waals surface area contributed by atoms with Crippen LogP contribution in [0.2, 0.25) is 0 Å². The molecule has 1 aliphatic heterocycles. The number of nitrogens with one attached hydrogen (secondary N) is 2. The molecule has 0 aromatic carbocycles. The largest absolute Gasteiger partial charge is 0.481 e. The number of rotatable bonds is 9. The molecule has 148 valence electrons. The Morgan fingerprint density at radius 3 is 2.81 bits per heavy atom. The predicted octanol–water partition coefficient (Wildman–Crippen LogP) is 2.30. The van der Waals surface area contributed by atoms with Gasteiger partial charge in [-0.2, -0.15) is 0 Å². The number of hydrogen-bond donors (Lipinski definition) is 4. The number of hydrogen-bond acceptors (Lipinski definition) is 5. The number of carbonyl (C=O) groups excluding carboxylic acids is 1. The number of carboxylic acids is 1. The van der Waals surface area contributed by atoms with Crippen LogP contribution < -0.4 is 10.7 Å². The van der Waals surface area contributed by atoms with Crippen molar-refractivity contribution in [1.82, 2.24) is 15.8 Å². The molecular formula is C18H31N3O4S. The minimum atomic E-state index is -0.776. The highest BCUT2D eigenvalue weighted by atomic mass is 32.2. The zero-order valence-corrected chi connectivity index (χ0v) is 16.1. The first-order valence-electron chi connectivity index (χ1n) is 9.90. The molecule has 26 heavy (non-hydrogen) atoms. The van der Waals surface area contributed by atoms with Gasteiger partial charge in [0.1, 0.15) is 4.87 Å². The van der Waals surface area contributed by atoms with Crippen molar-refractivity contribution in [3.05, 3.63) is 0 Å². The van der Waals surface area contributed by atoms with E-state index in [4.69, 9.17) is 5.11 Å². The van der Waals surface area contributed by atoms with Crippen LogP contribution >= 0.6 is 11.8 Å². The summed E-state index contributed by atoms with van der Waals surface area (Å²) < 4.78 is 0. The number of carbonyl (C=O) groups is 2. The van der Waals surface area contributed by atoms with Crippen molar-refractivity contribution < 1.29 is 19.8 Å². The van der Waals surface area contributed by atoms with Crippen LogP contribution in [0.15, 0.2) is 0 Å². The summed E-state index contributed by atoms with van der Waals surface area (Å²) in [7, 11) is 0. The second-order valence-corrected chi connectivity index (χ2v) is 9.20. The molecule has 0 radical (unpaired) electrons. The van der Waals surface area contributed by atoms with Gasteiger partial charge in [-0.1, -0.05) is 19.3 Å². The summed E-state index contributed by atoms with van der Waals surface area (Å²) in [6.45, 7) is 0.411. The summed E-state index contributed by atoms with van der Waals surface area (Å²) in [6.07, 6.45) is 9.01. The topological polar surface area (TPSA) is 102 Å². The maximum Gasteiger partial charge on any atom is 0.333 e. The summed E-state index contributed by atoms with van der Waals surface area (Å²) in [5.74, 6) is 0.281. The van der Waals surface area contributed by atoms with Crippen LogP contribution in [-0.4, -0.2) is 56.5 Å². The first-order chi connectivity index (χ1) is 12.5. The maximum atomic E-state index is 12.5. The van der Waals surface area contributed by atoms with E-state index in [2.05, 4.69) is 10.7 Å². The van der Waals surface area contributed by atoms with Crippen LogP contribution in [0.3, 0.4) is 0 Å². The molecule has 0 aromatic rings. The lowest BCUT2D eigenvalue weighted by Crippen LogP contribution is -2.50. The second-order valence-electron chi connectivity index (χ2n) is 7.77. The van der Waals surface area contributed by atoms with Crippen LogP contribution in [0.25, 0.3) is 0 Å². The normalized spacial score (nSPS) is 30.3. The fraction of sp³-hybridized carbons (Fsp3) is 0.889. The summed E-state index contributed by atoms with van der Waals surface area (Å²) in [4.78, 5) is 22.8. The Bertz CT molecular complexity index is 515. The second kappa shape index (κ2) is 8.80. The van der Waals surface area contributed by atoms with E-state index in [9.17, 15) is 14.7 Å². The van der Waals surface area contributed by atoms with Gasteiger partial charge in [0.25, 0.3) is 0 Å². The number of hydrazine groups is 1. The highest BCUT2D eigenvalue weighted by molar-refractivity contribution is 8.00. The smallest absolute Gasteiger partial charge is 0.333 e. The van der Waals surface area contributed by atoms with Crippen LogP contribution in [0.5, 0.6) is 0 Å². The number of urea groups is 1. The van der Waals surface area contributed by atoms with E-state index in [0.717, 1.165) is 37.9 Å². The standard InChI is InChI=1S/C18H31N3O4S/c22-14(13-6-2-1-3-7-13)12-19-21-15-8-4-10-18(15,20-17(21)25)26-11-5-9-16(23)24/h13-15,19,22H,1-12H2,(H,20,25)(H,23,24)/t14-,15+,18+/m1/s1. The van der Waals surface area contributed by atoms with E-state index >= 15 is 0 Å². The Morgan fingerprint density at radius 2 is 2.08 bits per heavy atom. The van der Waals surface area contributed by atoms with Crippen LogP contribution in [-0.2, 0) is 4.79 Å². The van der Waals surface area contributed by atoms with E-state index in [1.54, 1.807) is 16.8 Å². The molecule has 8 heteroatoms. The van der Waals surface area contributed by atoms with Gasteiger partial charge in [-0.25, -0.2) is 10.2 Å². The number of aliphatic hydroxyl groups is 1. The fourth-order valence-corrected chi connectivity index (χ4v) is 6.08. The monoisotopic (exact) mass is 385 g/mol. The summed E-state index contributed by atoms with van der Waals surface area (Å²) in [5, 5.41) is 24.1. The third-order valence-corrected chi connectivity index (χ3v) is 7.56. The minimum absolute atomic E-state index is 0.0587. The molecule has 0 aromatic heterocycles. The molecule has 2 aliphatic carbocycles. The summed E-state index contributed by atoms with van der Waals surface area (Å²) >= 11 is 1.67. The molecule has 1 heterocycles. The SMILES string of the molecule is O=C(O)CCCS[C@@]12CCC[C@@H]1N(NC[C@@H](O)C1CCCCC1)C(=O)N2. The molecule has 0 spiro atoms. The molecular weight excluding hydrogens is 354 g/mol. The molecule has 4 N–H and O–H groups in total. The predicted molar refractivity (Wildman–Crippen MR) is 101 cm³/mol. The van der Waals surface area contributed by atoms with Crippen molar-refractivity contribution in [2.45, 2.75) is 81.2 Å². The van der Waals surface area contributed by atoms with Gasteiger partial charge in [0.05, 0.1) is 12.1 Å². The van der Waals surface area contributed by atoms with Gasteiger partial charge in [-0.15, -0.1) is 11.8 Å². The quantitative estimate of drug-likeness (QED) is 0.454. The lowest BCUT2D eigenvalue weighted by molar-refractivity contribution is -0.137. The molecule has 3 rings (SSSR count). The van der Waals surface area contributed by atoms with Gasteiger partial charge in [0.15, 0.2) is 0 Å². The first-order valence-corrected chi connectivity index (χ1v) is 10.9. The molecule has 3 atom stereocenters. The fourth-order valence-electron chi connectivity index (χ4n) is 4.57. The number of carboxylic acid groups (broad SMARTS) is 1. The molecule has 0 unspecified atom stereocenters. The van der Waals surface area contributed by atoms with Gasteiger partial charge in [0.2, 0.25) is 0 Å². The number of amides is 2. The van der Waals surface area contributed by atoms with Gasteiger partial charge in [0, 0.05) is 13.0 Å². The molecule has 2 saturated carbocycles. The molecule has 1 saturated heterocycles. The van der Waals surface area contributed by atoms with Crippen LogP contribution in [0.1, 0.15) is 64.2 Å². The molecule has 0 bridgehead atoms. The average molecular weight is 386 g/mol. The third kappa shape index (κ3) is 4.46. The molecule has 3 fully saturated rings. The van der Waals surface area contributed by atoms with E-state index in [1.807, 2.05) is 0 Å². The lowest BCUT2D eigenvalue weighted by Gasteiger charge is -2.32. The summed E-state index contributed by atoms with van der Waals surface area (Å²) in [5.41, 5.74) is 3.20. The number of fused-ring (bicyclic) bond motifs is 1. The first kappa shape index (κ1) is 19.8. The molecule has 3 aliphatic rings. The number of aliphatic hydroxyl groups excluding tert-OH is 1. The Hall–Kier alpha value is -0.990. The van der Waals surface area contributed by atoms with Crippen molar-refractivity contribution in [3.63, 3.8) is 0 Å². The molecule has 7 nitrogen and oxygen atoms in total. The van der Waals surface area contributed by atoms with Crippen molar-refractivity contribution in [3.8, 4) is 0 Å². The van der Waals surface area contributed by atoms with Gasteiger partial charge < -0.3 is 15.5 Å². The van der Waals surface area contributed by atoms with Crippen LogP contribution in [0.4, 0.5) is 4.79 Å². The Labute approximate surface area is 159 Å². The van der Waals surface area contributed by atoms with Gasteiger partial charge >= 0.3 is 12.0 Å². The zero-order valence-electron chi connectivity index (χ0n) is 15.3. The van der Waals surface area contributed by atoms with Crippen molar-refractivity contribution in [2.75, 3.05) is 12.3 Å². The Morgan fingerprint density at radius 1 is 1.31 bits per heavy atom. The average Bonchev–Trinajstić information content (AvgIpc) is 3.13. The zero-order chi connectivity index (χ0) is 18.6. The van der Waals surface area contributed by atoms with E-state index < -0.39 is 12.1 Å². The Balaban J connectivity index is 1.51. The van der Waals surface area contributed by atoms with E-state index in [1.165, 1.54) is 19.3 Å². The number of aliphatic carboxylic acids is 1. The van der Waals surface area contributed by atoms with Crippen molar-refractivity contribution in [2.24, 2.45) is 5.92 Å². The van der Waals surface area contributed by atoms with Crippen molar-refractivity contribution in [1.29, 1.82) is 0 Å².